The van der Waals surface area contributed by atoms with E-state index in [1.807, 2.05) is 30.3 Å². The van der Waals surface area contributed by atoms with Crippen LogP contribution in [0.4, 0.5) is 0 Å². The smallest absolute Gasteiger partial charge is 0.126 e. The number of hydrogen-bond acceptors (Lipinski definition) is 2. The van der Waals surface area contributed by atoms with Gasteiger partial charge in [0.1, 0.15) is 11.5 Å². The zero-order valence-electron chi connectivity index (χ0n) is 8.58. The minimum absolute atomic E-state index is 0.818. The number of ether oxygens (including phenoxy) is 2. The molecule has 0 aromatic heterocycles. The van der Waals surface area contributed by atoms with Gasteiger partial charge in [-0.25, -0.2) is 0 Å². The van der Waals surface area contributed by atoms with Crippen LogP contribution in [0.1, 0.15) is 0 Å². The molecule has 0 aliphatic heterocycles. The third kappa shape index (κ3) is 1.79. The molecule has 0 amide bonds. The standard InChI is InChI=1S/C12H11BrO2/c1-14-8-6-10-9(11(13)7-8)4-3-5-12(10)15-2/h3-7H,1-2H3. The molecule has 0 heterocycles. The largest absolute Gasteiger partial charge is 0.497 e. The first kappa shape index (κ1) is 10.3. The normalized spacial score (nSPS) is 10.3. The van der Waals surface area contributed by atoms with Gasteiger partial charge in [-0.15, -0.1) is 0 Å². The van der Waals surface area contributed by atoms with Crippen molar-refractivity contribution in [1.82, 2.24) is 0 Å². The quantitative estimate of drug-likeness (QED) is 0.827. The van der Waals surface area contributed by atoms with E-state index < -0.39 is 0 Å². The highest BCUT2D eigenvalue weighted by molar-refractivity contribution is 9.10. The second-order valence-corrected chi connectivity index (χ2v) is 4.02. The molecule has 0 atom stereocenters. The molecule has 2 aromatic carbocycles. The highest BCUT2D eigenvalue weighted by Gasteiger charge is 2.06. The van der Waals surface area contributed by atoms with E-state index in [0.29, 0.717) is 0 Å². The molecule has 0 spiro atoms. The van der Waals surface area contributed by atoms with Crippen LogP contribution < -0.4 is 9.47 Å². The molecule has 2 aromatic rings. The van der Waals surface area contributed by atoms with Gasteiger partial charge in [-0.1, -0.05) is 28.1 Å². The summed E-state index contributed by atoms with van der Waals surface area (Å²) in [6, 6.07) is 9.87. The highest BCUT2D eigenvalue weighted by Crippen LogP contribution is 2.34. The molecule has 15 heavy (non-hydrogen) atoms. The molecule has 0 aliphatic rings. The van der Waals surface area contributed by atoms with Gasteiger partial charge in [-0.3, -0.25) is 0 Å². The van der Waals surface area contributed by atoms with E-state index in [0.717, 1.165) is 26.7 Å². The van der Waals surface area contributed by atoms with Crippen molar-refractivity contribution in [3.63, 3.8) is 0 Å². The molecule has 78 valence electrons. The lowest BCUT2D eigenvalue weighted by Gasteiger charge is -2.08. The molecule has 0 aliphatic carbocycles. The number of halogens is 1. The molecule has 0 N–H and O–H groups in total. The zero-order chi connectivity index (χ0) is 10.8. The first-order valence-electron chi connectivity index (χ1n) is 4.56. The topological polar surface area (TPSA) is 18.5 Å². The van der Waals surface area contributed by atoms with Gasteiger partial charge in [0, 0.05) is 9.86 Å². The second-order valence-electron chi connectivity index (χ2n) is 3.16. The van der Waals surface area contributed by atoms with Crippen LogP contribution in [0.5, 0.6) is 11.5 Å². The monoisotopic (exact) mass is 266 g/mol. The van der Waals surface area contributed by atoms with Crippen molar-refractivity contribution in [2.24, 2.45) is 0 Å². The minimum Gasteiger partial charge on any atom is -0.497 e. The van der Waals surface area contributed by atoms with Gasteiger partial charge in [-0.2, -0.15) is 0 Å². The number of benzene rings is 2. The third-order valence-corrected chi connectivity index (χ3v) is 2.99. The summed E-state index contributed by atoms with van der Waals surface area (Å²) in [5, 5.41) is 2.17. The Labute approximate surface area is 96.9 Å². The van der Waals surface area contributed by atoms with Gasteiger partial charge in [-0.05, 0) is 23.6 Å². The Balaban J connectivity index is 2.79. The highest BCUT2D eigenvalue weighted by atomic mass is 79.9. The van der Waals surface area contributed by atoms with Crippen molar-refractivity contribution in [2.45, 2.75) is 0 Å². The first-order chi connectivity index (χ1) is 7.26. The Morgan fingerprint density at radius 1 is 1.00 bits per heavy atom. The average Bonchev–Trinajstić information content (AvgIpc) is 2.28. The maximum absolute atomic E-state index is 5.31. The van der Waals surface area contributed by atoms with E-state index in [4.69, 9.17) is 9.47 Å². The van der Waals surface area contributed by atoms with Crippen molar-refractivity contribution in [3.8, 4) is 11.5 Å². The molecule has 0 bridgehead atoms. The van der Waals surface area contributed by atoms with E-state index >= 15 is 0 Å². The van der Waals surface area contributed by atoms with Crippen LogP contribution in [0, 0.1) is 0 Å². The maximum atomic E-state index is 5.31. The van der Waals surface area contributed by atoms with Crippen LogP contribution in [-0.2, 0) is 0 Å². The molecule has 0 fully saturated rings. The summed E-state index contributed by atoms with van der Waals surface area (Å²) >= 11 is 3.52. The zero-order valence-corrected chi connectivity index (χ0v) is 10.2. The van der Waals surface area contributed by atoms with Crippen LogP contribution in [0.25, 0.3) is 10.8 Å². The van der Waals surface area contributed by atoms with Crippen LogP contribution in [0.15, 0.2) is 34.8 Å². The van der Waals surface area contributed by atoms with Gasteiger partial charge in [0.25, 0.3) is 0 Å². The molecule has 0 unspecified atom stereocenters. The average molecular weight is 267 g/mol. The molecular weight excluding hydrogens is 256 g/mol. The van der Waals surface area contributed by atoms with Crippen molar-refractivity contribution >= 4 is 26.7 Å². The molecule has 2 nitrogen and oxygen atoms in total. The Hall–Kier alpha value is -1.22. The maximum Gasteiger partial charge on any atom is 0.126 e. The summed E-state index contributed by atoms with van der Waals surface area (Å²) in [7, 11) is 3.32. The SMILES string of the molecule is COc1cc(Br)c2cccc(OC)c2c1. The van der Waals surface area contributed by atoms with Crippen molar-refractivity contribution in [1.29, 1.82) is 0 Å². The number of methoxy groups -OCH3 is 2. The fraction of sp³-hybridized carbons (Fsp3) is 0.167. The van der Waals surface area contributed by atoms with E-state index in [1.54, 1.807) is 14.2 Å². The van der Waals surface area contributed by atoms with Crippen molar-refractivity contribution < 1.29 is 9.47 Å². The fourth-order valence-corrected chi connectivity index (χ4v) is 2.15. The fourth-order valence-electron chi connectivity index (χ4n) is 1.58. The van der Waals surface area contributed by atoms with Crippen LogP contribution >= 0.6 is 15.9 Å². The summed E-state index contributed by atoms with van der Waals surface area (Å²) in [5.74, 6) is 1.67. The van der Waals surface area contributed by atoms with Crippen LogP contribution in [-0.4, -0.2) is 14.2 Å². The lowest BCUT2D eigenvalue weighted by Crippen LogP contribution is -1.87. The Kier molecular flexibility index (Phi) is 2.82. The number of hydrogen-bond donors (Lipinski definition) is 0. The predicted molar refractivity (Wildman–Crippen MR) is 64.8 cm³/mol. The van der Waals surface area contributed by atoms with Crippen LogP contribution in [0.3, 0.4) is 0 Å². The van der Waals surface area contributed by atoms with Gasteiger partial charge in [0.15, 0.2) is 0 Å². The second kappa shape index (κ2) is 4.11. The summed E-state index contributed by atoms with van der Waals surface area (Å²) in [6.45, 7) is 0. The minimum atomic E-state index is 0.818. The molecule has 0 saturated heterocycles. The number of rotatable bonds is 2. The van der Waals surface area contributed by atoms with Gasteiger partial charge in [0.05, 0.1) is 14.2 Å². The summed E-state index contributed by atoms with van der Waals surface area (Å²) in [6.07, 6.45) is 0. The number of fused-ring (bicyclic) bond motifs is 1. The van der Waals surface area contributed by atoms with Crippen LogP contribution in [0.2, 0.25) is 0 Å². The van der Waals surface area contributed by atoms with Gasteiger partial charge in [0.2, 0.25) is 0 Å². The van der Waals surface area contributed by atoms with E-state index in [-0.39, 0.29) is 0 Å². The van der Waals surface area contributed by atoms with Crippen molar-refractivity contribution in [2.75, 3.05) is 14.2 Å². The van der Waals surface area contributed by atoms with E-state index in [2.05, 4.69) is 15.9 Å². The van der Waals surface area contributed by atoms with E-state index in [9.17, 15) is 0 Å². The van der Waals surface area contributed by atoms with Crippen molar-refractivity contribution in [3.05, 3.63) is 34.8 Å². The lowest BCUT2D eigenvalue weighted by molar-refractivity contribution is 0.412. The summed E-state index contributed by atoms with van der Waals surface area (Å²) in [4.78, 5) is 0. The predicted octanol–water partition coefficient (Wildman–Crippen LogP) is 3.62. The molecule has 3 heteroatoms. The lowest BCUT2D eigenvalue weighted by atomic mass is 10.1. The molecule has 2 rings (SSSR count). The molecular formula is C12H11BrO2. The van der Waals surface area contributed by atoms with E-state index in [1.165, 1.54) is 0 Å². The molecule has 0 saturated carbocycles. The van der Waals surface area contributed by atoms with Gasteiger partial charge >= 0.3 is 0 Å². The summed E-state index contributed by atoms with van der Waals surface area (Å²) < 4.78 is 11.5. The van der Waals surface area contributed by atoms with Gasteiger partial charge < -0.3 is 9.47 Å². The molecule has 0 radical (unpaired) electrons. The Bertz CT molecular complexity index is 494. The Morgan fingerprint density at radius 2 is 1.80 bits per heavy atom. The summed E-state index contributed by atoms with van der Waals surface area (Å²) in [5.41, 5.74) is 0. The third-order valence-electron chi connectivity index (χ3n) is 2.33. The first-order valence-corrected chi connectivity index (χ1v) is 5.36. The Morgan fingerprint density at radius 3 is 2.47 bits per heavy atom.